The Labute approximate surface area is 115 Å². The molecule has 1 fully saturated rings. The minimum atomic E-state index is 0.476. The first kappa shape index (κ1) is 14.0. The number of hydrogen-bond acceptors (Lipinski definition) is 3. The van der Waals surface area contributed by atoms with Gasteiger partial charge in [-0.05, 0) is 37.3 Å². The number of thiophene rings is 1. The summed E-state index contributed by atoms with van der Waals surface area (Å²) >= 11 is 1.80. The molecule has 1 aromatic rings. The lowest BCUT2D eigenvalue weighted by atomic mass is 9.85. The first-order chi connectivity index (χ1) is 8.72. The van der Waals surface area contributed by atoms with Crippen LogP contribution in [0, 0.1) is 12.8 Å². The van der Waals surface area contributed by atoms with E-state index < -0.39 is 0 Å². The van der Waals surface area contributed by atoms with Crippen LogP contribution in [0.2, 0.25) is 0 Å². The molecule has 1 aromatic heterocycles. The van der Waals surface area contributed by atoms with Crippen molar-refractivity contribution in [2.75, 3.05) is 0 Å². The molecule has 0 aromatic carbocycles. The van der Waals surface area contributed by atoms with Crippen LogP contribution in [0.25, 0.3) is 0 Å². The highest BCUT2D eigenvalue weighted by atomic mass is 32.1. The van der Waals surface area contributed by atoms with Crippen molar-refractivity contribution in [3.63, 3.8) is 0 Å². The van der Waals surface area contributed by atoms with Crippen molar-refractivity contribution in [1.82, 2.24) is 0 Å². The van der Waals surface area contributed by atoms with E-state index in [1.165, 1.54) is 47.4 Å². The topological polar surface area (TPSA) is 35.2 Å². The highest BCUT2D eigenvalue weighted by Crippen LogP contribution is 2.30. The molecule has 1 saturated carbocycles. The quantitative estimate of drug-likeness (QED) is 0.875. The fraction of sp³-hybridized carbons (Fsp3) is 0.733. The zero-order valence-corrected chi connectivity index (χ0v) is 12.4. The summed E-state index contributed by atoms with van der Waals surface area (Å²) < 4.78 is 6.11. The van der Waals surface area contributed by atoms with Crippen LogP contribution in [-0.4, -0.2) is 6.10 Å². The average molecular weight is 267 g/mol. The van der Waals surface area contributed by atoms with E-state index in [1.807, 2.05) is 0 Å². The minimum Gasteiger partial charge on any atom is -0.373 e. The molecule has 2 unspecified atom stereocenters. The standard InChI is InChI=1S/C15H25NOS/c1-3-12-5-4-6-14(7-12)17-10-13-8-15(9-16)18-11(13)2/h8,12,14H,3-7,9-10,16H2,1-2H3. The van der Waals surface area contributed by atoms with Gasteiger partial charge in [0.05, 0.1) is 12.7 Å². The van der Waals surface area contributed by atoms with E-state index in [4.69, 9.17) is 10.5 Å². The van der Waals surface area contributed by atoms with Gasteiger partial charge in [-0.15, -0.1) is 11.3 Å². The monoisotopic (exact) mass is 267 g/mol. The largest absolute Gasteiger partial charge is 0.373 e. The molecule has 0 bridgehead atoms. The highest BCUT2D eigenvalue weighted by molar-refractivity contribution is 7.12. The molecule has 0 saturated heterocycles. The summed E-state index contributed by atoms with van der Waals surface area (Å²) in [6.07, 6.45) is 7.00. The number of ether oxygens (including phenoxy) is 1. The molecule has 1 aliphatic rings. The van der Waals surface area contributed by atoms with Gasteiger partial charge in [0, 0.05) is 16.3 Å². The zero-order chi connectivity index (χ0) is 13.0. The predicted octanol–water partition coefficient (Wildman–Crippen LogP) is 4.00. The Balaban J connectivity index is 1.85. The van der Waals surface area contributed by atoms with Gasteiger partial charge in [0.25, 0.3) is 0 Å². The fourth-order valence-electron chi connectivity index (χ4n) is 2.80. The molecule has 18 heavy (non-hydrogen) atoms. The molecule has 0 spiro atoms. The molecule has 2 N–H and O–H groups in total. The van der Waals surface area contributed by atoms with Crippen molar-refractivity contribution in [1.29, 1.82) is 0 Å². The summed E-state index contributed by atoms with van der Waals surface area (Å²) in [5.74, 6) is 0.881. The van der Waals surface area contributed by atoms with Gasteiger partial charge in [-0.25, -0.2) is 0 Å². The summed E-state index contributed by atoms with van der Waals surface area (Å²) in [5.41, 5.74) is 7.01. The predicted molar refractivity (Wildman–Crippen MR) is 77.8 cm³/mol. The summed E-state index contributed by atoms with van der Waals surface area (Å²) in [4.78, 5) is 2.62. The second-order valence-electron chi connectivity index (χ2n) is 5.37. The smallest absolute Gasteiger partial charge is 0.0731 e. The zero-order valence-electron chi connectivity index (χ0n) is 11.6. The molecule has 1 heterocycles. The van der Waals surface area contributed by atoms with Crippen molar-refractivity contribution in [2.24, 2.45) is 11.7 Å². The van der Waals surface area contributed by atoms with Gasteiger partial charge in [-0.3, -0.25) is 0 Å². The van der Waals surface area contributed by atoms with Crippen molar-refractivity contribution in [3.05, 3.63) is 21.4 Å². The van der Waals surface area contributed by atoms with E-state index in [1.54, 1.807) is 11.3 Å². The van der Waals surface area contributed by atoms with E-state index in [0.717, 1.165) is 12.5 Å². The van der Waals surface area contributed by atoms with Crippen LogP contribution >= 0.6 is 11.3 Å². The summed E-state index contributed by atoms with van der Waals surface area (Å²) in [6.45, 7) is 5.87. The molecule has 0 radical (unpaired) electrons. The van der Waals surface area contributed by atoms with Crippen LogP contribution in [0.5, 0.6) is 0 Å². The van der Waals surface area contributed by atoms with Gasteiger partial charge < -0.3 is 10.5 Å². The molecule has 0 amide bonds. The lowest BCUT2D eigenvalue weighted by Crippen LogP contribution is -2.22. The van der Waals surface area contributed by atoms with Gasteiger partial charge in [0.15, 0.2) is 0 Å². The second kappa shape index (κ2) is 6.69. The molecule has 2 atom stereocenters. The van der Waals surface area contributed by atoms with Crippen molar-refractivity contribution >= 4 is 11.3 Å². The minimum absolute atomic E-state index is 0.476. The second-order valence-corrected chi connectivity index (χ2v) is 6.71. The van der Waals surface area contributed by atoms with Gasteiger partial charge in [0.2, 0.25) is 0 Å². The number of nitrogens with two attached hydrogens (primary N) is 1. The van der Waals surface area contributed by atoms with E-state index in [9.17, 15) is 0 Å². The molecule has 2 nitrogen and oxygen atoms in total. The molecular weight excluding hydrogens is 242 g/mol. The summed E-state index contributed by atoms with van der Waals surface area (Å²) in [6, 6.07) is 2.21. The molecule has 3 heteroatoms. The molecule has 1 aliphatic carbocycles. The van der Waals surface area contributed by atoms with Crippen LogP contribution < -0.4 is 5.73 Å². The summed E-state index contributed by atoms with van der Waals surface area (Å²) in [7, 11) is 0. The Morgan fingerprint density at radius 3 is 2.94 bits per heavy atom. The number of hydrogen-bond donors (Lipinski definition) is 1. The van der Waals surface area contributed by atoms with Crippen LogP contribution in [0.3, 0.4) is 0 Å². The molecule has 2 rings (SSSR count). The van der Waals surface area contributed by atoms with E-state index in [0.29, 0.717) is 12.6 Å². The molecule has 0 aliphatic heterocycles. The van der Waals surface area contributed by atoms with Crippen molar-refractivity contribution in [2.45, 2.75) is 65.2 Å². The van der Waals surface area contributed by atoms with Gasteiger partial charge in [0.1, 0.15) is 0 Å². The maximum absolute atomic E-state index is 6.11. The third-order valence-electron chi connectivity index (χ3n) is 4.06. The summed E-state index contributed by atoms with van der Waals surface area (Å²) in [5, 5.41) is 0. The highest BCUT2D eigenvalue weighted by Gasteiger charge is 2.21. The third kappa shape index (κ3) is 3.56. The van der Waals surface area contributed by atoms with Crippen LogP contribution in [0.15, 0.2) is 6.07 Å². The average Bonchev–Trinajstić information content (AvgIpc) is 2.77. The Morgan fingerprint density at radius 2 is 2.28 bits per heavy atom. The Hall–Kier alpha value is -0.380. The van der Waals surface area contributed by atoms with E-state index in [-0.39, 0.29) is 0 Å². The maximum atomic E-state index is 6.11. The Kier molecular flexibility index (Phi) is 5.22. The van der Waals surface area contributed by atoms with Gasteiger partial charge in [-0.1, -0.05) is 26.2 Å². The molecule has 102 valence electrons. The maximum Gasteiger partial charge on any atom is 0.0731 e. The third-order valence-corrected chi connectivity index (χ3v) is 5.17. The van der Waals surface area contributed by atoms with Gasteiger partial charge in [-0.2, -0.15) is 0 Å². The van der Waals surface area contributed by atoms with Crippen LogP contribution in [-0.2, 0) is 17.9 Å². The normalized spacial score (nSPS) is 24.4. The number of rotatable bonds is 5. The fourth-order valence-corrected chi connectivity index (χ4v) is 3.73. The van der Waals surface area contributed by atoms with Crippen molar-refractivity contribution in [3.8, 4) is 0 Å². The van der Waals surface area contributed by atoms with E-state index >= 15 is 0 Å². The van der Waals surface area contributed by atoms with Crippen LogP contribution in [0.1, 0.15) is 54.3 Å². The first-order valence-electron chi connectivity index (χ1n) is 7.12. The van der Waals surface area contributed by atoms with Crippen molar-refractivity contribution < 1.29 is 4.74 Å². The first-order valence-corrected chi connectivity index (χ1v) is 7.94. The Morgan fingerprint density at radius 1 is 1.44 bits per heavy atom. The van der Waals surface area contributed by atoms with Crippen LogP contribution in [0.4, 0.5) is 0 Å². The van der Waals surface area contributed by atoms with Gasteiger partial charge >= 0.3 is 0 Å². The Bertz CT molecular complexity index is 375. The SMILES string of the molecule is CCC1CCCC(OCc2cc(CN)sc2C)C1. The van der Waals surface area contributed by atoms with E-state index in [2.05, 4.69) is 19.9 Å². The number of aryl methyl sites for hydroxylation is 1. The molecular formula is C15H25NOS. The lowest BCUT2D eigenvalue weighted by molar-refractivity contribution is 0.00172. The lowest BCUT2D eigenvalue weighted by Gasteiger charge is -2.28.